The summed E-state index contributed by atoms with van der Waals surface area (Å²) in [5.74, 6) is -0.280. The zero-order valence-electron chi connectivity index (χ0n) is 17.1. The van der Waals surface area contributed by atoms with E-state index in [2.05, 4.69) is 10.6 Å². The first kappa shape index (κ1) is 20.6. The molecule has 0 spiro atoms. The normalized spacial score (nSPS) is 18.4. The van der Waals surface area contributed by atoms with E-state index in [9.17, 15) is 14.4 Å². The maximum absolute atomic E-state index is 12.9. The molecule has 0 aliphatic heterocycles. The number of nitrogens with zero attached hydrogens (tertiary/aromatic N) is 1. The van der Waals surface area contributed by atoms with Crippen LogP contribution in [0.3, 0.4) is 0 Å². The van der Waals surface area contributed by atoms with E-state index in [1.807, 2.05) is 18.4 Å². The predicted molar refractivity (Wildman–Crippen MR) is 110 cm³/mol. The lowest BCUT2D eigenvalue weighted by Gasteiger charge is -2.22. The predicted octanol–water partition coefficient (Wildman–Crippen LogP) is 3.41. The smallest absolute Gasteiger partial charge is 0.256 e. The number of hydrogen-bond acceptors (Lipinski definition) is 3. The second-order valence-electron chi connectivity index (χ2n) is 8.64. The highest BCUT2D eigenvalue weighted by molar-refractivity contribution is 5.99. The molecule has 0 bridgehead atoms. The van der Waals surface area contributed by atoms with Crippen LogP contribution >= 0.6 is 0 Å². The van der Waals surface area contributed by atoms with E-state index in [1.165, 1.54) is 19.3 Å². The Hall–Kier alpha value is -2.11. The molecule has 2 amide bonds. The summed E-state index contributed by atoms with van der Waals surface area (Å²) >= 11 is 0. The van der Waals surface area contributed by atoms with Gasteiger partial charge in [0, 0.05) is 31.0 Å². The second kappa shape index (κ2) is 9.39. The van der Waals surface area contributed by atoms with Crippen molar-refractivity contribution < 1.29 is 9.59 Å². The standard InChI is InChI=1S/C22H33N3O3/c1-15(2)24-22(28)19-14-25(17-10-6-7-11-17)13-18(20(19)26)21(27)23-12-16-8-4-3-5-9-16/h13-17H,3-12H2,1-2H3,(H,23,27)(H,24,28). The summed E-state index contributed by atoms with van der Waals surface area (Å²) in [6.07, 6.45) is 13.5. The molecule has 154 valence electrons. The number of carbonyl (C=O) groups excluding carboxylic acids is 2. The van der Waals surface area contributed by atoms with Crippen LogP contribution < -0.4 is 16.1 Å². The van der Waals surface area contributed by atoms with Crippen LogP contribution in [0.1, 0.15) is 98.4 Å². The molecule has 0 aromatic carbocycles. The monoisotopic (exact) mass is 387 g/mol. The van der Waals surface area contributed by atoms with Gasteiger partial charge in [-0.3, -0.25) is 14.4 Å². The molecule has 6 heteroatoms. The van der Waals surface area contributed by atoms with Crippen molar-refractivity contribution >= 4 is 11.8 Å². The molecular weight excluding hydrogens is 354 g/mol. The van der Waals surface area contributed by atoms with E-state index in [-0.39, 0.29) is 29.1 Å². The van der Waals surface area contributed by atoms with Gasteiger partial charge in [0.05, 0.1) is 0 Å². The Morgan fingerprint density at radius 3 is 2.14 bits per heavy atom. The molecule has 2 N–H and O–H groups in total. The molecule has 0 atom stereocenters. The highest BCUT2D eigenvalue weighted by atomic mass is 16.2. The van der Waals surface area contributed by atoms with E-state index in [4.69, 9.17) is 0 Å². The second-order valence-corrected chi connectivity index (χ2v) is 8.64. The van der Waals surface area contributed by atoms with Crippen molar-refractivity contribution in [3.05, 3.63) is 33.7 Å². The molecule has 2 aliphatic rings. The fraction of sp³-hybridized carbons (Fsp3) is 0.682. The lowest BCUT2D eigenvalue weighted by Crippen LogP contribution is -2.38. The number of aromatic nitrogens is 1. The minimum absolute atomic E-state index is 0.0610. The molecule has 3 rings (SSSR count). The first-order valence-corrected chi connectivity index (χ1v) is 10.8. The van der Waals surface area contributed by atoms with Gasteiger partial charge in [0.2, 0.25) is 5.43 Å². The molecule has 2 aliphatic carbocycles. The van der Waals surface area contributed by atoms with Gasteiger partial charge < -0.3 is 15.2 Å². The van der Waals surface area contributed by atoms with Crippen molar-refractivity contribution in [2.45, 2.75) is 83.7 Å². The molecule has 1 aromatic rings. The van der Waals surface area contributed by atoms with Crippen LogP contribution in [0.5, 0.6) is 0 Å². The van der Waals surface area contributed by atoms with Gasteiger partial charge in [-0.05, 0) is 45.4 Å². The molecule has 28 heavy (non-hydrogen) atoms. The molecular formula is C22H33N3O3. The van der Waals surface area contributed by atoms with E-state index in [0.29, 0.717) is 12.5 Å². The zero-order chi connectivity index (χ0) is 20.1. The Kier molecular flexibility index (Phi) is 6.92. The maximum atomic E-state index is 12.9. The fourth-order valence-electron chi connectivity index (χ4n) is 4.40. The van der Waals surface area contributed by atoms with Gasteiger partial charge in [-0.15, -0.1) is 0 Å². The molecule has 0 radical (unpaired) electrons. The van der Waals surface area contributed by atoms with Crippen LogP contribution in [0, 0.1) is 5.92 Å². The van der Waals surface area contributed by atoms with Gasteiger partial charge in [-0.25, -0.2) is 0 Å². The van der Waals surface area contributed by atoms with Gasteiger partial charge in [-0.1, -0.05) is 32.1 Å². The summed E-state index contributed by atoms with van der Waals surface area (Å²) < 4.78 is 1.92. The van der Waals surface area contributed by atoms with E-state index < -0.39 is 11.3 Å². The quantitative estimate of drug-likeness (QED) is 0.785. The van der Waals surface area contributed by atoms with Gasteiger partial charge in [0.15, 0.2) is 0 Å². The first-order chi connectivity index (χ1) is 13.5. The molecule has 0 unspecified atom stereocenters. The Morgan fingerprint density at radius 1 is 0.964 bits per heavy atom. The van der Waals surface area contributed by atoms with Crippen LogP contribution in [0.15, 0.2) is 17.2 Å². The van der Waals surface area contributed by atoms with Crippen molar-refractivity contribution in [2.75, 3.05) is 6.54 Å². The first-order valence-electron chi connectivity index (χ1n) is 10.8. The molecule has 2 saturated carbocycles. The van der Waals surface area contributed by atoms with Gasteiger partial charge in [-0.2, -0.15) is 0 Å². The topological polar surface area (TPSA) is 80.2 Å². The number of rotatable bonds is 6. The van der Waals surface area contributed by atoms with Crippen LogP contribution in [0.25, 0.3) is 0 Å². The summed E-state index contributed by atoms with van der Waals surface area (Å²) in [5, 5.41) is 5.73. The third kappa shape index (κ3) is 5.03. The number of nitrogens with one attached hydrogen (secondary N) is 2. The minimum atomic E-state index is -0.478. The van der Waals surface area contributed by atoms with Crippen molar-refractivity contribution in [1.29, 1.82) is 0 Å². The Labute approximate surface area is 167 Å². The zero-order valence-corrected chi connectivity index (χ0v) is 17.1. The molecule has 1 heterocycles. The SMILES string of the molecule is CC(C)NC(=O)c1cn(C2CCCC2)cc(C(=O)NCC2CCCCC2)c1=O. The van der Waals surface area contributed by atoms with Gasteiger partial charge in [0.25, 0.3) is 11.8 Å². The van der Waals surface area contributed by atoms with Crippen LogP contribution in [0.2, 0.25) is 0 Å². The van der Waals surface area contributed by atoms with Crippen molar-refractivity contribution in [3.8, 4) is 0 Å². The number of pyridine rings is 1. The van der Waals surface area contributed by atoms with Gasteiger partial charge >= 0.3 is 0 Å². The lowest BCUT2D eigenvalue weighted by molar-refractivity contribution is 0.0940. The lowest BCUT2D eigenvalue weighted by atomic mass is 9.89. The van der Waals surface area contributed by atoms with Crippen LogP contribution in [0.4, 0.5) is 0 Å². The fourth-order valence-corrected chi connectivity index (χ4v) is 4.40. The highest BCUT2D eigenvalue weighted by Crippen LogP contribution is 2.29. The molecule has 1 aromatic heterocycles. The van der Waals surface area contributed by atoms with Crippen molar-refractivity contribution in [3.63, 3.8) is 0 Å². The van der Waals surface area contributed by atoms with Crippen LogP contribution in [-0.2, 0) is 0 Å². The Morgan fingerprint density at radius 2 is 1.54 bits per heavy atom. The van der Waals surface area contributed by atoms with Crippen molar-refractivity contribution in [1.82, 2.24) is 15.2 Å². The molecule has 0 saturated heterocycles. The minimum Gasteiger partial charge on any atom is -0.352 e. The molecule has 6 nitrogen and oxygen atoms in total. The third-order valence-corrected chi connectivity index (χ3v) is 5.98. The Balaban J connectivity index is 1.84. The molecule has 2 fully saturated rings. The summed E-state index contributed by atoms with van der Waals surface area (Å²) in [6, 6.07) is 0.173. The number of amides is 2. The average Bonchev–Trinajstić information content (AvgIpc) is 3.21. The van der Waals surface area contributed by atoms with Crippen LogP contribution in [-0.4, -0.2) is 29.0 Å². The van der Waals surface area contributed by atoms with E-state index in [1.54, 1.807) is 12.4 Å². The Bertz CT molecular complexity index is 757. The summed E-state index contributed by atoms with van der Waals surface area (Å²) in [4.78, 5) is 38.3. The number of hydrogen-bond donors (Lipinski definition) is 2. The average molecular weight is 388 g/mol. The van der Waals surface area contributed by atoms with E-state index in [0.717, 1.165) is 38.5 Å². The van der Waals surface area contributed by atoms with E-state index >= 15 is 0 Å². The summed E-state index contributed by atoms with van der Waals surface area (Å²) in [5.41, 5.74) is -0.335. The largest absolute Gasteiger partial charge is 0.352 e. The highest BCUT2D eigenvalue weighted by Gasteiger charge is 2.24. The summed E-state index contributed by atoms with van der Waals surface area (Å²) in [6.45, 7) is 4.31. The third-order valence-electron chi connectivity index (χ3n) is 5.98. The van der Waals surface area contributed by atoms with Gasteiger partial charge in [0.1, 0.15) is 11.1 Å². The summed E-state index contributed by atoms with van der Waals surface area (Å²) in [7, 11) is 0. The van der Waals surface area contributed by atoms with Crippen molar-refractivity contribution in [2.24, 2.45) is 5.92 Å². The number of carbonyl (C=O) groups is 2. The maximum Gasteiger partial charge on any atom is 0.256 e.